The maximum Gasteiger partial charge on any atom is 0.416 e. The summed E-state index contributed by atoms with van der Waals surface area (Å²) < 4.78 is 48.6. The highest BCUT2D eigenvalue weighted by Crippen LogP contribution is 2.30. The third-order valence-corrected chi connectivity index (χ3v) is 3.63. The smallest absolute Gasteiger partial charge is 0.416 e. The molecular weight excluding hydrogens is 349 g/mol. The van der Waals surface area contributed by atoms with Crippen LogP contribution in [0.3, 0.4) is 0 Å². The van der Waals surface area contributed by atoms with E-state index in [1.165, 1.54) is 26.5 Å². The van der Waals surface area contributed by atoms with Gasteiger partial charge < -0.3 is 9.47 Å². The molecule has 8 heteroatoms. The lowest BCUT2D eigenvalue weighted by molar-refractivity contribution is -0.137. The summed E-state index contributed by atoms with van der Waals surface area (Å²) in [6.45, 7) is 1.80. The Bertz CT molecular complexity index is 833. The molecule has 0 atom stereocenters. The molecule has 1 N–H and O–H groups in total. The first kappa shape index (κ1) is 19.3. The maximum atomic E-state index is 12.7. The number of hydrogen-bond donors (Lipinski definition) is 1. The number of nitrogens with one attached hydrogen (secondary N) is 1. The van der Waals surface area contributed by atoms with Crippen molar-refractivity contribution in [1.29, 1.82) is 0 Å². The van der Waals surface area contributed by atoms with Crippen LogP contribution < -0.4 is 14.9 Å². The molecule has 0 aromatic heterocycles. The van der Waals surface area contributed by atoms with Gasteiger partial charge in [0.2, 0.25) is 0 Å². The first-order chi connectivity index (χ1) is 12.3. The molecule has 0 spiro atoms. The molecule has 0 heterocycles. The Morgan fingerprint density at radius 3 is 2.50 bits per heavy atom. The van der Waals surface area contributed by atoms with E-state index in [1.807, 2.05) is 0 Å². The Labute approximate surface area is 148 Å². The van der Waals surface area contributed by atoms with E-state index in [-0.39, 0.29) is 5.56 Å². The Morgan fingerprint density at radius 2 is 1.88 bits per heavy atom. The minimum atomic E-state index is -4.52. The van der Waals surface area contributed by atoms with Crippen molar-refractivity contribution in [2.24, 2.45) is 5.10 Å². The summed E-state index contributed by atoms with van der Waals surface area (Å²) >= 11 is 0. The third-order valence-electron chi connectivity index (χ3n) is 3.63. The zero-order valence-corrected chi connectivity index (χ0v) is 14.3. The molecular formula is C18H17F3N2O3. The van der Waals surface area contributed by atoms with Gasteiger partial charge in [-0.25, -0.2) is 5.43 Å². The van der Waals surface area contributed by atoms with Crippen LogP contribution in [-0.2, 0) is 6.18 Å². The monoisotopic (exact) mass is 366 g/mol. The lowest BCUT2D eigenvalue weighted by atomic mass is 10.1. The van der Waals surface area contributed by atoms with Gasteiger partial charge in [-0.1, -0.05) is 6.07 Å². The number of amides is 1. The average molecular weight is 366 g/mol. The lowest BCUT2D eigenvalue weighted by Gasteiger charge is -2.12. The fourth-order valence-electron chi connectivity index (χ4n) is 2.35. The number of carbonyl (C=O) groups excluding carboxylic acids is 1. The summed E-state index contributed by atoms with van der Waals surface area (Å²) in [5.41, 5.74) is 2.49. The molecule has 0 aliphatic heterocycles. The standard InChI is InChI=1S/C18H17F3N2O3/c1-11-15(25-2)8-7-13(16(11)26-3)10-22-23-17(24)12-5-4-6-14(9-12)18(19,20)21/h4-10H,1-3H3,(H,23,24)/b22-10-. The van der Waals surface area contributed by atoms with E-state index < -0.39 is 17.6 Å². The first-order valence-corrected chi connectivity index (χ1v) is 7.50. The molecule has 0 radical (unpaired) electrons. The SMILES string of the molecule is COc1ccc(/C=N\NC(=O)c2cccc(C(F)(F)F)c2)c(OC)c1C. The number of hydrazone groups is 1. The number of ether oxygens (including phenoxy) is 2. The Kier molecular flexibility index (Phi) is 5.86. The van der Waals surface area contributed by atoms with E-state index in [0.717, 1.165) is 23.8 Å². The number of carbonyl (C=O) groups is 1. The Balaban J connectivity index is 2.16. The van der Waals surface area contributed by atoms with Crippen molar-refractivity contribution >= 4 is 12.1 Å². The van der Waals surface area contributed by atoms with Gasteiger partial charge in [-0.3, -0.25) is 4.79 Å². The topological polar surface area (TPSA) is 59.9 Å². The second-order valence-corrected chi connectivity index (χ2v) is 5.29. The molecule has 0 aliphatic carbocycles. The van der Waals surface area contributed by atoms with Crippen LogP contribution in [0.15, 0.2) is 41.5 Å². The fourth-order valence-corrected chi connectivity index (χ4v) is 2.35. The van der Waals surface area contributed by atoms with E-state index in [0.29, 0.717) is 17.1 Å². The zero-order valence-electron chi connectivity index (χ0n) is 14.3. The minimum Gasteiger partial charge on any atom is -0.496 e. The molecule has 2 rings (SSSR count). The van der Waals surface area contributed by atoms with E-state index in [9.17, 15) is 18.0 Å². The molecule has 0 unspecified atom stereocenters. The zero-order chi connectivity index (χ0) is 19.3. The average Bonchev–Trinajstić information content (AvgIpc) is 2.61. The molecule has 0 saturated heterocycles. The highest BCUT2D eigenvalue weighted by atomic mass is 19.4. The van der Waals surface area contributed by atoms with Crippen LogP contribution >= 0.6 is 0 Å². The van der Waals surface area contributed by atoms with Gasteiger partial charge in [-0.05, 0) is 37.3 Å². The van der Waals surface area contributed by atoms with Crippen LogP contribution in [0.25, 0.3) is 0 Å². The van der Waals surface area contributed by atoms with Crippen LogP contribution in [0.2, 0.25) is 0 Å². The summed E-state index contributed by atoms with van der Waals surface area (Å²) in [7, 11) is 3.02. The molecule has 1 amide bonds. The van der Waals surface area contributed by atoms with Gasteiger partial charge in [0.15, 0.2) is 0 Å². The minimum absolute atomic E-state index is 0.144. The number of rotatable bonds is 5. The van der Waals surface area contributed by atoms with Crippen molar-refractivity contribution in [1.82, 2.24) is 5.43 Å². The lowest BCUT2D eigenvalue weighted by Crippen LogP contribution is -2.18. The van der Waals surface area contributed by atoms with Crippen LogP contribution in [-0.4, -0.2) is 26.3 Å². The molecule has 0 bridgehead atoms. The maximum absolute atomic E-state index is 12.7. The van der Waals surface area contributed by atoms with Gasteiger partial charge in [-0.15, -0.1) is 0 Å². The third kappa shape index (κ3) is 4.33. The highest BCUT2D eigenvalue weighted by molar-refractivity contribution is 5.95. The molecule has 26 heavy (non-hydrogen) atoms. The summed E-state index contributed by atoms with van der Waals surface area (Å²) in [6, 6.07) is 7.50. The predicted octanol–water partition coefficient (Wildman–Crippen LogP) is 3.79. The second kappa shape index (κ2) is 7.90. The molecule has 0 aliphatic rings. The second-order valence-electron chi connectivity index (χ2n) is 5.29. The van der Waals surface area contributed by atoms with Crippen molar-refractivity contribution in [3.05, 3.63) is 58.7 Å². The van der Waals surface area contributed by atoms with E-state index in [4.69, 9.17) is 9.47 Å². The van der Waals surface area contributed by atoms with Gasteiger partial charge in [0, 0.05) is 16.7 Å². The number of benzene rings is 2. The molecule has 2 aromatic rings. The highest BCUT2D eigenvalue weighted by Gasteiger charge is 2.30. The Morgan fingerprint density at radius 1 is 1.15 bits per heavy atom. The number of hydrogen-bond acceptors (Lipinski definition) is 4. The number of methoxy groups -OCH3 is 2. The first-order valence-electron chi connectivity index (χ1n) is 7.50. The van der Waals surface area contributed by atoms with Crippen LogP contribution in [0.5, 0.6) is 11.5 Å². The van der Waals surface area contributed by atoms with Crippen molar-refractivity contribution in [3.63, 3.8) is 0 Å². The number of alkyl halides is 3. The number of nitrogens with zero attached hydrogens (tertiary/aromatic N) is 1. The van der Waals surface area contributed by atoms with Crippen molar-refractivity contribution < 1.29 is 27.4 Å². The summed E-state index contributed by atoms with van der Waals surface area (Å²) in [5.74, 6) is 0.393. The molecule has 0 saturated carbocycles. The van der Waals surface area contributed by atoms with Crippen molar-refractivity contribution in [2.75, 3.05) is 14.2 Å². The van der Waals surface area contributed by atoms with Gasteiger partial charge >= 0.3 is 6.18 Å². The van der Waals surface area contributed by atoms with Crippen LogP contribution in [0, 0.1) is 6.92 Å². The number of halogens is 3. The van der Waals surface area contributed by atoms with Gasteiger partial charge in [0.1, 0.15) is 11.5 Å². The van der Waals surface area contributed by atoms with Crippen LogP contribution in [0.4, 0.5) is 13.2 Å². The summed E-state index contributed by atoms with van der Waals surface area (Å²) in [6.07, 6.45) is -3.18. The summed E-state index contributed by atoms with van der Waals surface area (Å²) in [5, 5.41) is 3.79. The molecule has 138 valence electrons. The largest absolute Gasteiger partial charge is 0.496 e. The van der Waals surface area contributed by atoms with Crippen LogP contribution in [0.1, 0.15) is 27.0 Å². The normalized spacial score (nSPS) is 11.5. The van der Waals surface area contributed by atoms with E-state index in [2.05, 4.69) is 10.5 Å². The van der Waals surface area contributed by atoms with Crippen molar-refractivity contribution in [2.45, 2.75) is 13.1 Å². The van der Waals surface area contributed by atoms with Crippen molar-refractivity contribution in [3.8, 4) is 11.5 Å². The molecule has 2 aromatic carbocycles. The van der Waals surface area contributed by atoms with Gasteiger partial charge in [0.25, 0.3) is 5.91 Å². The van der Waals surface area contributed by atoms with Gasteiger partial charge in [-0.2, -0.15) is 18.3 Å². The predicted molar refractivity (Wildman–Crippen MR) is 90.8 cm³/mol. The van der Waals surface area contributed by atoms with E-state index in [1.54, 1.807) is 19.1 Å². The molecule has 0 fully saturated rings. The summed E-state index contributed by atoms with van der Waals surface area (Å²) in [4.78, 5) is 12.0. The molecule has 5 nitrogen and oxygen atoms in total. The fraction of sp³-hybridized carbons (Fsp3) is 0.222. The van der Waals surface area contributed by atoms with Gasteiger partial charge in [0.05, 0.1) is 26.0 Å². The van der Waals surface area contributed by atoms with E-state index >= 15 is 0 Å². The quantitative estimate of drug-likeness (QED) is 0.647. The Hall–Kier alpha value is -3.03.